The molecule has 2 heterocycles. The molecule has 2 saturated heterocycles. The largest absolute Gasteiger partial charge is 0.463 e. The molecule has 2 fully saturated rings. The molecule has 0 spiro atoms. The third-order valence-corrected chi connectivity index (χ3v) is 9.27. The number of esters is 9. The fraction of sp³-hybridized carbons (Fsp3) is 0.489. The molecular formula is C45H52O22. The van der Waals surface area contributed by atoms with E-state index in [9.17, 15) is 43.2 Å². The maximum atomic E-state index is 13.8. The first-order valence-corrected chi connectivity index (χ1v) is 20.7. The minimum absolute atomic E-state index is 0.0815. The number of hydrogen-bond donors (Lipinski definition) is 0. The molecule has 2 aromatic rings. The maximum Gasteiger partial charge on any atom is 0.331 e. The predicted molar refractivity (Wildman–Crippen MR) is 222 cm³/mol. The van der Waals surface area contributed by atoms with Gasteiger partial charge in [-0.2, -0.15) is 0 Å². The first kappa shape index (κ1) is 52.9. The van der Waals surface area contributed by atoms with E-state index < -0.39 is 122 Å². The second-order valence-corrected chi connectivity index (χ2v) is 14.9. The van der Waals surface area contributed by atoms with Crippen LogP contribution in [-0.4, -0.2) is 128 Å². The Hall–Kier alpha value is -6.75. The third kappa shape index (κ3) is 16.6. The summed E-state index contributed by atoms with van der Waals surface area (Å²) in [5.74, 6) is -7.21. The number of rotatable bonds is 18. The molecule has 0 N–H and O–H groups in total. The van der Waals surface area contributed by atoms with Gasteiger partial charge in [-0.15, -0.1) is 0 Å². The molecule has 0 aliphatic carbocycles. The van der Waals surface area contributed by atoms with Gasteiger partial charge in [0.2, 0.25) is 0 Å². The molecule has 0 saturated carbocycles. The third-order valence-electron chi connectivity index (χ3n) is 9.27. The van der Waals surface area contributed by atoms with Crippen LogP contribution in [0.5, 0.6) is 17.2 Å². The Morgan fingerprint density at radius 2 is 1.09 bits per heavy atom. The molecule has 2 aromatic carbocycles. The van der Waals surface area contributed by atoms with Crippen LogP contribution in [0.25, 0.3) is 6.08 Å². The van der Waals surface area contributed by atoms with Gasteiger partial charge in [0.05, 0.1) is 12.7 Å². The summed E-state index contributed by atoms with van der Waals surface area (Å²) in [5.41, 5.74) is 0.973. The summed E-state index contributed by atoms with van der Waals surface area (Å²) >= 11 is 0. The molecular weight excluding hydrogens is 892 g/mol. The summed E-state index contributed by atoms with van der Waals surface area (Å²) < 4.78 is 73.9. The molecule has 4 rings (SSSR count). The summed E-state index contributed by atoms with van der Waals surface area (Å²) in [5, 5.41) is 0. The fourth-order valence-electron chi connectivity index (χ4n) is 6.82. The van der Waals surface area contributed by atoms with E-state index >= 15 is 0 Å². The van der Waals surface area contributed by atoms with Gasteiger partial charge >= 0.3 is 53.7 Å². The van der Waals surface area contributed by atoms with E-state index in [0.717, 1.165) is 54.5 Å². The zero-order valence-electron chi connectivity index (χ0n) is 38.1. The number of ether oxygens (including phenoxy) is 13. The number of hydrogen-bond acceptors (Lipinski definition) is 22. The molecule has 22 heteroatoms. The van der Waals surface area contributed by atoms with Crippen molar-refractivity contribution in [2.45, 2.75) is 130 Å². The van der Waals surface area contributed by atoms with Crippen molar-refractivity contribution < 1.29 is 105 Å². The SMILES string of the molecule is CC(=O)OC[C@H]1O[C@@H](OCCc2ccc(OC(C)=O)cc2)[C@H](OC(C)=O)[C@@H](O[C@@H]2O[C@@H](C)[C@H](OC(C)=O)[C@@H](OC(C)=O)[C@H]2OC(C)=O)[C@@H]1OC(=O)/C=C/c1ccc(OC(C)=O)c(OC(C)=O)c1. The normalized spacial score (nSPS) is 24.6. The lowest BCUT2D eigenvalue weighted by molar-refractivity contribution is -0.359. The molecule has 2 aliphatic rings. The molecule has 2 aliphatic heterocycles. The highest BCUT2D eigenvalue weighted by molar-refractivity contribution is 5.87. The van der Waals surface area contributed by atoms with E-state index in [2.05, 4.69) is 0 Å². The van der Waals surface area contributed by atoms with Gasteiger partial charge in [-0.25, -0.2) is 4.79 Å². The first-order valence-electron chi connectivity index (χ1n) is 20.7. The lowest BCUT2D eigenvalue weighted by Gasteiger charge is -2.48. The highest BCUT2D eigenvalue weighted by atomic mass is 16.8. The van der Waals surface area contributed by atoms with Crippen molar-refractivity contribution in [2.24, 2.45) is 0 Å². The highest BCUT2D eigenvalue weighted by Crippen LogP contribution is 2.36. The molecule has 0 unspecified atom stereocenters. The van der Waals surface area contributed by atoms with E-state index in [0.29, 0.717) is 11.3 Å². The molecule has 22 nitrogen and oxygen atoms in total. The van der Waals surface area contributed by atoms with Crippen molar-refractivity contribution in [2.75, 3.05) is 13.2 Å². The van der Waals surface area contributed by atoms with Crippen LogP contribution in [0.3, 0.4) is 0 Å². The van der Waals surface area contributed by atoms with Crippen molar-refractivity contribution in [1.29, 1.82) is 0 Å². The van der Waals surface area contributed by atoms with Crippen LogP contribution in [0.1, 0.15) is 73.4 Å². The Labute approximate surface area is 384 Å². The number of benzene rings is 2. The van der Waals surface area contributed by atoms with Gasteiger partial charge in [0, 0.05) is 61.5 Å². The van der Waals surface area contributed by atoms with E-state index in [1.165, 1.54) is 38.1 Å². The Kier molecular flexibility index (Phi) is 19.5. The van der Waals surface area contributed by atoms with Crippen LogP contribution in [0.15, 0.2) is 48.5 Å². The van der Waals surface area contributed by atoms with Crippen molar-refractivity contribution in [1.82, 2.24) is 0 Å². The summed E-state index contributed by atoms with van der Waals surface area (Å²) in [6.45, 7) is 9.61. The smallest absolute Gasteiger partial charge is 0.331 e. The van der Waals surface area contributed by atoms with Crippen LogP contribution in [0.4, 0.5) is 0 Å². The topological polar surface area (TPSA) is 274 Å². The van der Waals surface area contributed by atoms with Crippen LogP contribution in [0, 0.1) is 0 Å². The number of carbonyl (C=O) groups is 9. The molecule has 0 bridgehead atoms. The van der Waals surface area contributed by atoms with Crippen LogP contribution >= 0.6 is 0 Å². The zero-order chi connectivity index (χ0) is 49.5. The Morgan fingerprint density at radius 3 is 1.66 bits per heavy atom. The lowest BCUT2D eigenvalue weighted by Crippen LogP contribution is -2.66. The molecule has 0 amide bonds. The quantitative estimate of drug-likeness (QED) is 0.0899. The Balaban J connectivity index is 1.80. The van der Waals surface area contributed by atoms with E-state index in [1.807, 2.05) is 0 Å². The molecule has 10 atom stereocenters. The predicted octanol–water partition coefficient (Wildman–Crippen LogP) is 2.79. The molecule has 0 aromatic heterocycles. The Bertz CT molecular complexity index is 2160. The molecule has 67 heavy (non-hydrogen) atoms. The van der Waals surface area contributed by atoms with Gasteiger partial charge < -0.3 is 61.6 Å². The van der Waals surface area contributed by atoms with Gasteiger partial charge in [-0.3, -0.25) is 38.4 Å². The number of carbonyl (C=O) groups excluding carboxylic acids is 9. The second kappa shape index (κ2) is 24.7. The van der Waals surface area contributed by atoms with Gasteiger partial charge in [-0.05, 0) is 54.8 Å². The van der Waals surface area contributed by atoms with Crippen molar-refractivity contribution in [3.05, 3.63) is 59.7 Å². The summed E-state index contributed by atoms with van der Waals surface area (Å²) in [7, 11) is 0. The monoisotopic (exact) mass is 944 g/mol. The van der Waals surface area contributed by atoms with Crippen LogP contribution in [0.2, 0.25) is 0 Å². The summed E-state index contributed by atoms with van der Waals surface area (Å²) in [6, 6.07) is 10.5. The molecule has 364 valence electrons. The first-order chi connectivity index (χ1) is 31.6. The van der Waals surface area contributed by atoms with Gasteiger partial charge in [0.1, 0.15) is 24.6 Å². The van der Waals surface area contributed by atoms with Gasteiger partial charge in [0.25, 0.3) is 0 Å². The maximum absolute atomic E-state index is 13.8. The van der Waals surface area contributed by atoms with Gasteiger partial charge in [0.15, 0.2) is 54.6 Å². The minimum atomic E-state index is -1.77. The fourth-order valence-corrected chi connectivity index (χ4v) is 6.82. The lowest BCUT2D eigenvalue weighted by atomic mass is 9.96. The zero-order valence-corrected chi connectivity index (χ0v) is 38.1. The van der Waals surface area contributed by atoms with Gasteiger partial charge in [-0.1, -0.05) is 18.2 Å². The van der Waals surface area contributed by atoms with Crippen molar-refractivity contribution in [3.8, 4) is 17.2 Å². The average Bonchev–Trinajstić information content (AvgIpc) is 3.21. The highest BCUT2D eigenvalue weighted by Gasteiger charge is 2.57. The van der Waals surface area contributed by atoms with Crippen LogP contribution in [-0.2, 0) is 96.9 Å². The molecule has 0 radical (unpaired) electrons. The Morgan fingerprint density at radius 1 is 0.537 bits per heavy atom. The van der Waals surface area contributed by atoms with E-state index in [4.69, 9.17) is 61.6 Å². The van der Waals surface area contributed by atoms with E-state index in [1.54, 1.807) is 24.3 Å². The average molecular weight is 945 g/mol. The van der Waals surface area contributed by atoms with E-state index in [-0.39, 0.29) is 30.1 Å². The van der Waals surface area contributed by atoms with Crippen molar-refractivity contribution in [3.63, 3.8) is 0 Å². The van der Waals surface area contributed by atoms with Crippen LogP contribution < -0.4 is 14.2 Å². The summed E-state index contributed by atoms with van der Waals surface area (Å²) in [6.07, 6.45) is -13.2. The van der Waals surface area contributed by atoms with Crippen molar-refractivity contribution >= 4 is 59.8 Å². The second-order valence-electron chi connectivity index (χ2n) is 14.9. The minimum Gasteiger partial charge on any atom is -0.463 e. The summed E-state index contributed by atoms with van der Waals surface area (Å²) in [4.78, 5) is 111. The standard InChI is InChI=1S/C45H52O22/c1-22-38(61-27(6)50)40(62-28(7)51)43(64-30(9)53)45(57-22)67-41-39(66-37(54)17-13-32-12-16-34(59-25(4)48)35(20-32)60-26(5)49)36(21-56-23(2)46)65-44(42(41)63-29(8)52)55-19-18-31-10-14-33(15-11-31)58-24(3)47/h10-17,20,22,36,38-45H,18-19,21H2,1-9H3/b17-13+/t22-,36+,38-,39+,40+,41-,42+,43+,44+,45-/m0/s1.